The van der Waals surface area contributed by atoms with E-state index in [-0.39, 0.29) is 35.8 Å². The molecule has 1 aromatic carbocycles. The lowest BCUT2D eigenvalue weighted by Gasteiger charge is -2.16. The first kappa shape index (κ1) is 16.3. The van der Waals surface area contributed by atoms with Gasteiger partial charge in [0.1, 0.15) is 0 Å². The minimum atomic E-state index is -2.92. The molecule has 0 aliphatic carbocycles. The van der Waals surface area contributed by atoms with Crippen LogP contribution in [0.15, 0.2) is 24.3 Å². The molecule has 0 aromatic heterocycles. The molecule has 1 aliphatic rings. The molecule has 4 nitrogen and oxygen atoms in total. The summed E-state index contributed by atoms with van der Waals surface area (Å²) in [5, 5.41) is 3.61. The minimum absolute atomic E-state index is 0.0320. The van der Waals surface area contributed by atoms with Gasteiger partial charge in [0.15, 0.2) is 9.84 Å². The van der Waals surface area contributed by atoms with Gasteiger partial charge in [-0.2, -0.15) is 0 Å². The number of benzene rings is 1. The van der Waals surface area contributed by atoms with Crippen LogP contribution in [0.1, 0.15) is 25.3 Å². The summed E-state index contributed by atoms with van der Waals surface area (Å²) in [6, 6.07) is 7.52. The highest BCUT2D eigenvalue weighted by Gasteiger charge is 2.29. The molecule has 21 heavy (non-hydrogen) atoms. The average molecular weight is 330 g/mol. The molecular formula is C15H20ClNO3S. The van der Waals surface area contributed by atoms with E-state index < -0.39 is 9.84 Å². The summed E-state index contributed by atoms with van der Waals surface area (Å²) < 4.78 is 22.8. The molecule has 0 radical (unpaired) electrons. The fourth-order valence-corrected chi connectivity index (χ4v) is 4.75. The molecule has 0 unspecified atom stereocenters. The third-order valence-corrected chi connectivity index (χ3v) is 5.90. The second-order valence-electron chi connectivity index (χ2n) is 5.74. The lowest BCUT2D eigenvalue weighted by atomic mass is 10.0. The molecule has 6 heteroatoms. The van der Waals surface area contributed by atoms with Crippen LogP contribution >= 0.6 is 11.6 Å². The first-order chi connectivity index (χ1) is 9.85. The Morgan fingerprint density at radius 3 is 2.76 bits per heavy atom. The van der Waals surface area contributed by atoms with Crippen molar-refractivity contribution in [3.05, 3.63) is 34.9 Å². The molecule has 1 fully saturated rings. The van der Waals surface area contributed by atoms with E-state index in [9.17, 15) is 13.2 Å². The Labute approximate surface area is 130 Å². The van der Waals surface area contributed by atoms with Crippen molar-refractivity contribution in [1.82, 2.24) is 5.32 Å². The number of hydrogen-bond acceptors (Lipinski definition) is 3. The number of nitrogens with one attached hydrogen (secondary N) is 1. The zero-order valence-electron chi connectivity index (χ0n) is 12.0. The normalized spacial score (nSPS) is 21.9. The van der Waals surface area contributed by atoms with Crippen molar-refractivity contribution in [2.75, 3.05) is 11.5 Å². The number of amides is 1. The van der Waals surface area contributed by atoms with Gasteiger partial charge in [-0.15, -0.1) is 0 Å². The second-order valence-corrected chi connectivity index (χ2v) is 8.37. The van der Waals surface area contributed by atoms with Gasteiger partial charge in [0.2, 0.25) is 5.91 Å². The zero-order valence-corrected chi connectivity index (χ0v) is 13.6. The van der Waals surface area contributed by atoms with E-state index in [0.717, 1.165) is 5.56 Å². The number of carbonyl (C=O) groups excluding carboxylic acids is 1. The summed E-state index contributed by atoms with van der Waals surface area (Å²) in [6.07, 6.45) is 1.54. The lowest BCUT2D eigenvalue weighted by Crippen LogP contribution is -2.35. The maximum atomic E-state index is 12.0. The molecular weight excluding hydrogens is 310 g/mol. The Morgan fingerprint density at radius 1 is 1.43 bits per heavy atom. The van der Waals surface area contributed by atoms with Gasteiger partial charge in [-0.05, 0) is 37.3 Å². The topological polar surface area (TPSA) is 63.2 Å². The van der Waals surface area contributed by atoms with Crippen LogP contribution in [-0.4, -0.2) is 31.9 Å². The summed E-state index contributed by atoms with van der Waals surface area (Å²) in [5.74, 6) is 0.221. The molecule has 1 N–H and O–H groups in total. The standard InChI is InChI=1S/C15H20ClNO3S/c1-11(8-13-4-2-3-5-14(13)16)17-15(18)9-12-6-7-21(19,20)10-12/h2-5,11-12H,6-10H2,1H3,(H,17,18)/t11-,12-/m1/s1. The summed E-state index contributed by atoms with van der Waals surface area (Å²) in [5.41, 5.74) is 0.996. The highest BCUT2D eigenvalue weighted by atomic mass is 35.5. The molecule has 1 aromatic rings. The second kappa shape index (κ2) is 6.79. The van der Waals surface area contributed by atoms with Crippen molar-refractivity contribution in [3.63, 3.8) is 0 Å². The van der Waals surface area contributed by atoms with E-state index >= 15 is 0 Å². The molecule has 2 atom stereocenters. The van der Waals surface area contributed by atoms with Crippen molar-refractivity contribution in [1.29, 1.82) is 0 Å². The van der Waals surface area contributed by atoms with Gasteiger partial charge in [0.05, 0.1) is 11.5 Å². The quantitative estimate of drug-likeness (QED) is 0.900. The van der Waals surface area contributed by atoms with Crippen LogP contribution in [0.5, 0.6) is 0 Å². The van der Waals surface area contributed by atoms with E-state index in [4.69, 9.17) is 11.6 Å². The third kappa shape index (κ3) is 5.00. The predicted molar refractivity (Wildman–Crippen MR) is 84.1 cm³/mol. The Morgan fingerprint density at radius 2 is 2.14 bits per heavy atom. The van der Waals surface area contributed by atoms with Gasteiger partial charge in [-0.25, -0.2) is 8.42 Å². The fraction of sp³-hybridized carbons (Fsp3) is 0.533. The van der Waals surface area contributed by atoms with Crippen molar-refractivity contribution in [3.8, 4) is 0 Å². The summed E-state index contributed by atoms with van der Waals surface area (Å²) >= 11 is 6.09. The molecule has 0 spiro atoms. The predicted octanol–water partition coefficient (Wildman–Crippen LogP) is 2.21. The Bertz CT molecular complexity index is 615. The number of sulfone groups is 1. The summed E-state index contributed by atoms with van der Waals surface area (Å²) in [6.45, 7) is 1.92. The van der Waals surface area contributed by atoms with Gasteiger partial charge in [0, 0.05) is 17.5 Å². The van der Waals surface area contributed by atoms with E-state index in [1.807, 2.05) is 31.2 Å². The fourth-order valence-electron chi connectivity index (χ4n) is 2.67. The SMILES string of the molecule is C[C@H](Cc1ccccc1Cl)NC(=O)C[C@H]1CCS(=O)(=O)C1. The maximum Gasteiger partial charge on any atom is 0.220 e. The third-order valence-electron chi connectivity index (χ3n) is 3.69. The van der Waals surface area contributed by atoms with E-state index in [2.05, 4.69) is 5.32 Å². The molecule has 1 aliphatic heterocycles. The number of carbonyl (C=O) groups is 1. The molecule has 1 saturated heterocycles. The number of rotatable bonds is 5. The van der Waals surface area contributed by atoms with Crippen LogP contribution < -0.4 is 5.32 Å². The van der Waals surface area contributed by atoms with Gasteiger partial charge in [-0.1, -0.05) is 29.8 Å². The highest BCUT2D eigenvalue weighted by molar-refractivity contribution is 7.91. The average Bonchev–Trinajstić information content (AvgIpc) is 2.71. The summed E-state index contributed by atoms with van der Waals surface area (Å²) in [4.78, 5) is 12.0. The maximum absolute atomic E-state index is 12.0. The van der Waals surface area contributed by atoms with E-state index in [1.165, 1.54) is 0 Å². The Hall–Kier alpha value is -1.07. The molecule has 1 heterocycles. The van der Waals surface area contributed by atoms with Crippen LogP contribution in [-0.2, 0) is 21.1 Å². The van der Waals surface area contributed by atoms with Crippen molar-refractivity contribution in [2.45, 2.75) is 32.2 Å². The monoisotopic (exact) mass is 329 g/mol. The van der Waals surface area contributed by atoms with Crippen molar-refractivity contribution in [2.24, 2.45) is 5.92 Å². The van der Waals surface area contributed by atoms with Gasteiger partial charge in [-0.3, -0.25) is 4.79 Å². The molecule has 116 valence electrons. The first-order valence-electron chi connectivity index (χ1n) is 7.09. The smallest absolute Gasteiger partial charge is 0.220 e. The van der Waals surface area contributed by atoms with E-state index in [1.54, 1.807) is 0 Å². The molecule has 0 saturated carbocycles. The van der Waals surface area contributed by atoms with Crippen LogP contribution in [0.3, 0.4) is 0 Å². The Kier molecular flexibility index (Phi) is 5.27. The number of hydrogen-bond donors (Lipinski definition) is 1. The molecule has 2 rings (SSSR count). The molecule has 0 bridgehead atoms. The minimum Gasteiger partial charge on any atom is -0.353 e. The van der Waals surface area contributed by atoms with Crippen LogP contribution in [0.4, 0.5) is 0 Å². The highest BCUT2D eigenvalue weighted by Crippen LogP contribution is 2.21. The largest absolute Gasteiger partial charge is 0.353 e. The Balaban J connectivity index is 1.81. The van der Waals surface area contributed by atoms with Crippen LogP contribution in [0.25, 0.3) is 0 Å². The van der Waals surface area contributed by atoms with E-state index in [0.29, 0.717) is 17.9 Å². The van der Waals surface area contributed by atoms with Crippen molar-refractivity contribution < 1.29 is 13.2 Å². The zero-order chi connectivity index (χ0) is 15.5. The van der Waals surface area contributed by atoms with Gasteiger partial charge >= 0.3 is 0 Å². The lowest BCUT2D eigenvalue weighted by molar-refractivity contribution is -0.122. The first-order valence-corrected chi connectivity index (χ1v) is 9.29. The molecule has 1 amide bonds. The van der Waals surface area contributed by atoms with Crippen molar-refractivity contribution >= 4 is 27.3 Å². The van der Waals surface area contributed by atoms with Gasteiger partial charge < -0.3 is 5.32 Å². The number of halogens is 1. The summed E-state index contributed by atoms with van der Waals surface area (Å²) in [7, 11) is -2.92. The van der Waals surface area contributed by atoms with Crippen LogP contribution in [0, 0.1) is 5.92 Å². The van der Waals surface area contributed by atoms with Crippen LogP contribution in [0.2, 0.25) is 5.02 Å². The van der Waals surface area contributed by atoms with Gasteiger partial charge in [0.25, 0.3) is 0 Å².